The van der Waals surface area contributed by atoms with Crippen LogP contribution in [0.2, 0.25) is 0 Å². The van der Waals surface area contributed by atoms with E-state index in [1.54, 1.807) is 6.20 Å². The minimum atomic E-state index is -0.270. The molecule has 0 saturated carbocycles. The first-order valence-electron chi connectivity index (χ1n) is 9.23. The second-order valence-corrected chi connectivity index (χ2v) is 6.78. The second kappa shape index (κ2) is 6.79. The van der Waals surface area contributed by atoms with Crippen molar-refractivity contribution in [2.24, 2.45) is 0 Å². The van der Waals surface area contributed by atoms with Crippen molar-refractivity contribution in [3.05, 3.63) is 82.9 Å². The zero-order valence-electron chi connectivity index (χ0n) is 15.4. The van der Waals surface area contributed by atoms with E-state index in [1.165, 1.54) is 0 Å². The van der Waals surface area contributed by atoms with Gasteiger partial charge in [-0.2, -0.15) is 0 Å². The van der Waals surface area contributed by atoms with E-state index in [0.717, 1.165) is 27.8 Å². The van der Waals surface area contributed by atoms with Gasteiger partial charge in [0.15, 0.2) is 0 Å². The molecule has 5 N–H and O–H groups in total. The van der Waals surface area contributed by atoms with E-state index in [0.29, 0.717) is 29.1 Å². The van der Waals surface area contributed by atoms with Crippen LogP contribution in [0.4, 0.5) is 11.4 Å². The Kier molecular flexibility index (Phi) is 3.98. The van der Waals surface area contributed by atoms with E-state index >= 15 is 0 Å². The van der Waals surface area contributed by atoms with Crippen LogP contribution in [0, 0.1) is 0 Å². The monoisotopic (exact) mass is 382 g/mol. The highest BCUT2D eigenvalue weighted by atomic mass is 16.1. The summed E-state index contributed by atoms with van der Waals surface area (Å²) in [7, 11) is 0. The standard InChI is InChI=1S/C22H18N6O/c23-20-15-6-1-2-7-16(15)28-22(29)19(20)21-26-17-9-8-13(11-18(17)27-21)25-12-14-5-3-4-10-24-14/h1-11,25H,12H2,(H,26,27)(H3,23,28,29). The number of aromatic nitrogens is 4. The third-order valence-electron chi connectivity index (χ3n) is 4.88. The molecule has 0 bridgehead atoms. The number of hydrogen-bond acceptors (Lipinski definition) is 5. The molecule has 0 saturated heterocycles. The van der Waals surface area contributed by atoms with Crippen molar-refractivity contribution >= 4 is 33.3 Å². The van der Waals surface area contributed by atoms with Crippen molar-refractivity contribution in [3.8, 4) is 11.4 Å². The maximum atomic E-state index is 12.6. The number of para-hydroxylation sites is 1. The van der Waals surface area contributed by atoms with Crippen LogP contribution >= 0.6 is 0 Å². The molecule has 0 spiro atoms. The Labute approximate surface area is 165 Å². The quantitative estimate of drug-likeness (QED) is 0.379. The van der Waals surface area contributed by atoms with Crippen molar-refractivity contribution in [2.75, 3.05) is 11.1 Å². The fraction of sp³-hybridized carbons (Fsp3) is 0.0455. The number of nitrogens with one attached hydrogen (secondary N) is 3. The number of hydrogen-bond donors (Lipinski definition) is 4. The zero-order chi connectivity index (χ0) is 19.8. The molecule has 142 valence electrons. The summed E-state index contributed by atoms with van der Waals surface area (Å²) in [6.07, 6.45) is 1.77. The fourth-order valence-corrected chi connectivity index (χ4v) is 3.44. The smallest absolute Gasteiger partial charge is 0.261 e. The van der Waals surface area contributed by atoms with Gasteiger partial charge in [-0.25, -0.2) is 4.98 Å². The van der Waals surface area contributed by atoms with Crippen molar-refractivity contribution < 1.29 is 0 Å². The molecule has 0 aliphatic heterocycles. The number of rotatable bonds is 4. The number of anilines is 2. The topological polar surface area (TPSA) is 112 Å². The molecule has 0 fully saturated rings. The Bertz CT molecular complexity index is 1390. The number of nitrogens with zero attached hydrogens (tertiary/aromatic N) is 2. The SMILES string of the molecule is Nc1c(-c2nc3ccc(NCc4ccccn4)cc3[nH]2)c(=O)[nH]c2ccccc12. The van der Waals surface area contributed by atoms with Gasteiger partial charge in [-0.3, -0.25) is 9.78 Å². The molecule has 5 aromatic rings. The number of imidazole rings is 1. The van der Waals surface area contributed by atoms with Crippen molar-refractivity contribution in [3.63, 3.8) is 0 Å². The summed E-state index contributed by atoms with van der Waals surface area (Å²) in [6, 6.07) is 19.1. The zero-order valence-corrected chi connectivity index (χ0v) is 15.4. The Balaban J connectivity index is 1.52. The molecule has 0 radical (unpaired) electrons. The summed E-state index contributed by atoms with van der Waals surface area (Å²) < 4.78 is 0. The Hall–Kier alpha value is -4.13. The summed E-state index contributed by atoms with van der Waals surface area (Å²) >= 11 is 0. The van der Waals surface area contributed by atoms with Gasteiger partial charge in [0.05, 0.1) is 34.5 Å². The highest BCUT2D eigenvalue weighted by Gasteiger charge is 2.15. The third kappa shape index (κ3) is 3.08. The van der Waals surface area contributed by atoms with E-state index in [9.17, 15) is 4.79 Å². The van der Waals surface area contributed by atoms with E-state index < -0.39 is 0 Å². The number of nitrogens with two attached hydrogens (primary N) is 1. The minimum Gasteiger partial charge on any atom is -0.397 e. The molecular weight excluding hydrogens is 364 g/mol. The Morgan fingerprint density at radius 1 is 0.966 bits per heavy atom. The van der Waals surface area contributed by atoms with Gasteiger partial charge in [0.1, 0.15) is 11.4 Å². The molecule has 29 heavy (non-hydrogen) atoms. The Morgan fingerprint density at radius 3 is 2.69 bits per heavy atom. The highest BCUT2D eigenvalue weighted by Crippen LogP contribution is 2.28. The molecule has 0 amide bonds. The number of aromatic amines is 2. The summed E-state index contributed by atoms with van der Waals surface area (Å²) in [5.74, 6) is 0.450. The van der Waals surface area contributed by atoms with Crippen LogP contribution < -0.4 is 16.6 Å². The molecule has 3 heterocycles. The van der Waals surface area contributed by atoms with Crippen LogP contribution in [0.15, 0.2) is 71.7 Å². The molecule has 0 atom stereocenters. The molecule has 7 heteroatoms. The highest BCUT2D eigenvalue weighted by molar-refractivity contribution is 5.97. The maximum absolute atomic E-state index is 12.6. The van der Waals surface area contributed by atoms with Gasteiger partial charge in [0, 0.05) is 17.3 Å². The molecule has 7 nitrogen and oxygen atoms in total. The first kappa shape index (κ1) is 17.0. The lowest BCUT2D eigenvalue weighted by Gasteiger charge is -2.06. The lowest BCUT2D eigenvalue weighted by molar-refractivity contribution is 1.05. The van der Waals surface area contributed by atoms with Crippen LogP contribution in [0.25, 0.3) is 33.3 Å². The van der Waals surface area contributed by atoms with Crippen molar-refractivity contribution in [1.82, 2.24) is 19.9 Å². The van der Waals surface area contributed by atoms with Gasteiger partial charge in [-0.1, -0.05) is 24.3 Å². The van der Waals surface area contributed by atoms with Crippen LogP contribution in [-0.2, 0) is 6.54 Å². The predicted octanol–water partition coefficient (Wildman–Crippen LogP) is 3.66. The molecular formula is C22H18N6O. The van der Waals surface area contributed by atoms with Crippen molar-refractivity contribution in [2.45, 2.75) is 6.54 Å². The summed E-state index contributed by atoms with van der Waals surface area (Å²) in [4.78, 5) is 27.6. The van der Waals surface area contributed by atoms with E-state index in [-0.39, 0.29) is 5.56 Å². The van der Waals surface area contributed by atoms with Crippen LogP contribution in [0.5, 0.6) is 0 Å². The van der Waals surface area contributed by atoms with Crippen LogP contribution in [0.1, 0.15) is 5.69 Å². The summed E-state index contributed by atoms with van der Waals surface area (Å²) in [5, 5.41) is 4.14. The normalized spacial score (nSPS) is 11.2. The molecule has 2 aromatic carbocycles. The summed E-state index contributed by atoms with van der Waals surface area (Å²) in [5.41, 5.74) is 11.0. The van der Waals surface area contributed by atoms with Gasteiger partial charge >= 0.3 is 0 Å². The van der Waals surface area contributed by atoms with E-state index in [2.05, 4.69) is 25.3 Å². The average Bonchev–Trinajstić information content (AvgIpc) is 3.16. The number of H-pyrrole nitrogens is 2. The second-order valence-electron chi connectivity index (χ2n) is 6.78. The number of fused-ring (bicyclic) bond motifs is 2. The lowest BCUT2D eigenvalue weighted by Crippen LogP contribution is -2.13. The fourth-order valence-electron chi connectivity index (χ4n) is 3.44. The molecule has 0 aliphatic rings. The maximum Gasteiger partial charge on any atom is 0.261 e. The number of nitrogen functional groups attached to an aromatic ring is 1. The van der Waals surface area contributed by atoms with Gasteiger partial charge in [-0.05, 0) is 36.4 Å². The molecule has 3 aromatic heterocycles. The van der Waals surface area contributed by atoms with E-state index in [4.69, 9.17) is 5.73 Å². The van der Waals surface area contributed by atoms with Crippen LogP contribution in [0.3, 0.4) is 0 Å². The average molecular weight is 382 g/mol. The summed E-state index contributed by atoms with van der Waals surface area (Å²) in [6.45, 7) is 0.616. The predicted molar refractivity (Wildman–Crippen MR) is 116 cm³/mol. The first-order valence-corrected chi connectivity index (χ1v) is 9.23. The van der Waals surface area contributed by atoms with Gasteiger partial charge in [0.25, 0.3) is 5.56 Å². The van der Waals surface area contributed by atoms with Gasteiger partial charge in [0.2, 0.25) is 0 Å². The first-order chi connectivity index (χ1) is 14.2. The largest absolute Gasteiger partial charge is 0.397 e. The van der Waals surface area contributed by atoms with Gasteiger partial charge < -0.3 is 21.0 Å². The minimum absolute atomic E-state index is 0.270. The molecule has 0 aliphatic carbocycles. The number of benzene rings is 2. The van der Waals surface area contributed by atoms with Crippen molar-refractivity contribution in [1.29, 1.82) is 0 Å². The third-order valence-corrected chi connectivity index (χ3v) is 4.88. The molecule has 0 unspecified atom stereocenters. The van der Waals surface area contributed by atoms with E-state index in [1.807, 2.05) is 60.7 Å². The van der Waals surface area contributed by atoms with Crippen LogP contribution in [-0.4, -0.2) is 19.9 Å². The Morgan fingerprint density at radius 2 is 1.83 bits per heavy atom. The lowest BCUT2D eigenvalue weighted by atomic mass is 10.1. The molecule has 5 rings (SSSR count). The van der Waals surface area contributed by atoms with Gasteiger partial charge in [-0.15, -0.1) is 0 Å². The number of pyridine rings is 2.